The van der Waals surface area contributed by atoms with Crippen molar-refractivity contribution in [1.82, 2.24) is 10.2 Å². The van der Waals surface area contributed by atoms with Gasteiger partial charge < -0.3 is 25.0 Å². The van der Waals surface area contributed by atoms with E-state index >= 15 is 0 Å². The van der Waals surface area contributed by atoms with Crippen LogP contribution in [0.4, 0.5) is 5.69 Å². The lowest BCUT2D eigenvalue weighted by molar-refractivity contribution is -0.124. The van der Waals surface area contributed by atoms with Gasteiger partial charge in [-0.05, 0) is 48.6 Å². The van der Waals surface area contributed by atoms with Gasteiger partial charge in [0.05, 0.1) is 13.2 Å². The highest BCUT2D eigenvalue weighted by molar-refractivity contribution is 5.94. The van der Waals surface area contributed by atoms with Crippen LogP contribution in [0.3, 0.4) is 0 Å². The van der Waals surface area contributed by atoms with Crippen molar-refractivity contribution in [3.8, 4) is 0 Å². The average molecular weight is 437 g/mol. The molecule has 32 heavy (non-hydrogen) atoms. The standard InChI is InChI=1S/C25H32N4O3/c1-18-7-3-4-10-21(18)23-17-29(12-14-32-23)25(26-2)27-16-19-8-5-9-20(15-19)28-24(30)22-11-6-13-31-22/h3-5,7-10,15,22-23H,6,11-14,16-17H2,1-2H3,(H,26,27)(H,28,30). The van der Waals surface area contributed by atoms with E-state index < -0.39 is 0 Å². The van der Waals surface area contributed by atoms with Crippen molar-refractivity contribution in [2.45, 2.75) is 38.5 Å². The minimum absolute atomic E-state index is 0.0276. The topological polar surface area (TPSA) is 75.2 Å². The number of ether oxygens (including phenoxy) is 2. The molecule has 1 amide bonds. The number of carbonyl (C=O) groups is 1. The molecule has 7 nitrogen and oxygen atoms in total. The second kappa shape index (κ2) is 10.6. The Labute approximate surface area is 189 Å². The molecular formula is C25H32N4O3. The maximum atomic E-state index is 12.3. The van der Waals surface area contributed by atoms with Crippen molar-refractivity contribution < 1.29 is 14.3 Å². The van der Waals surface area contributed by atoms with Gasteiger partial charge in [-0.3, -0.25) is 9.79 Å². The Kier molecular flexibility index (Phi) is 7.39. The molecule has 2 N–H and O–H groups in total. The van der Waals surface area contributed by atoms with Crippen LogP contribution in [0.5, 0.6) is 0 Å². The molecule has 7 heteroatoms. The van der Waals surface area contributed by atoms with Gasteiger partial charge in [0.15, 0.2) is 5.96 Å². The fourth-order valence-corrected chi connectivity index (χ4v) is 4.26. The van der Waals surface area contributed by atoms with Gasteiger partial charge in [-0.25, -0.2) is 0 Å². The highest BCUT2D eigenvalue weighted by atomic mass is 16.5. The summed E-state index contributed by atoms with van der Waals surface area (Å²) in [5.41, 5.74) is 4.32. The van der Waals surface area contributed by atoms with Crippen molar-refractivity contribution in [1.29, 1.82) is 0 Å². The second-order valence-corrected chi connectivity index (χ2v) is 8.25. The minimum atomic E-state index is -0.335. The van der Waals surface area contributed by atoms with E-state index in [2.05, 4.69) is 51.7 Å². The average Bonchev–Trinajstić information content (AvgIpc) is 3.36. The SMILES string of the molecule is CN=C(NCc1cccc(NC(=O)C2CCCO2)c1)N1CCOC(c2ccccc2C)C1. The Morgan fingerprint density at radius 2 is 2.03 bits per heavy atom. The first-order chi connectivity index (χ1) is 15.6. The third-order valence-corrected chi connectivity index (χ3v) is 5.98. The van der Waals surface area contributed by atoms with Crippen LogP contribution in [0.2, 0.25) is 0 Å². The van der Waals surface area contributed by atoms with E-state index in [1.54, 1.807) is 7.05 Å². The lowest BCUT2D eigenvalue weighted by Crippen LogP contribution is -2.48. The first-order valence-corrected chi connectivity index (χ1v) is 11.3. The van der Waals surface area contributed by atoms with Gasteiger partial charge in [0, 0.05) is 32.4 Å². The zero-order valence-corrected chi connectivity index (χ0v) is 18.8. The number of benzene rings is 2. The quantitative estimate of drug-likeness (QED) is 0.556. The maximum absolute atomic E-state index is 12.3. The summed E-state index contributed by atoms with van der Waals surface area (Å²) >= 11 is 0. The number of guanidine groups is 1. The fourth-order valence-electron chi connectivity index (χ4n) is 4.26. The van der Waals surface area contributed by atoms with Gasteiger partial charge in [-0.15, -0.1) is 0 Å². The Morgan fingerprint density at radius 1 is 1.16 bits per heavy atom. The van der Waals surface area contributed by atoms with Crippen molar-refractivity contribution in [2.75, 3.05) is 38.7 Å². The largest absolute Gasteiger partial charge is 0.370 e. The van der Waals surface area contributed by atoms with E-state index in [4.69, 9.17) is 9.47 Å². The van der Waals surface area contributed by atoms with Gasteiger partial charge in [0.2, 0.25) is 0 Å². The van der Waals surface area contributed by atoms with Crippen LogP contribution in [0.15, 0.2) is 53.5 Å². The second-order valence-electron chi connectivity index (χ2n) is 8.25. The molecular weight excluding hydrogens is 404 g/mol. The smallest absolute Gasteiger partial charge is 0.253 e. The normalized spacial score (nSPS) is 21.4. The molecule has 0 aromatic heterocycles. The summed E-state index contributed by atoms with van der Waals surface area (Å²) in [4.78, 5) is 19.1. The Hall–Kier alpha value is -2.90. The molecule has 2 unspecified atom stereocenters. The number of nitrogens with zero attached hydrogens (tertiary/aromatic N) is 2. The fraction of sp³-hybridized carbons (Fsp3) is 0.440. The lowest BCUT2D eigenvalue weighted by atomic mass is 10.0. The van der Waals surface area contributed by atoms with E-state index in [0.717, 1.165) is 43.1 Å². The number of anilines is 1. The molecule has 2 fully saturated rings. The number of nitrogens with one attached hydrogen (secondary N) is 2. The van der Waals surface area contributed by atoms with E-state index in [0.29, 0.717) is 19.8 Å². The number of rotatable bonds is 5. The van der Waals surface area contributed by atoms with Crippen molar-refractivity contribution in [3.63, 3.8) is 0 Å². The zero-order valence-electron chi connectivity index (χ0n) is 18.8. The summed E-state index contributed by atoms with van der Waals surface area (Å²) in [6, 6.07) is 16.2. The summed E-state index contributed by atoms with van der Waals surface area (Å²) in [5, 5.41) is 6.43. The lowest BCUT2D eigenvalue weighted by Gasteiger charge is -2.35. The Morgan fingerprint density at radius 3 is 2.81 bits per heavy atom. The first-order valence-electron chi connectivity index (χ1n) is 11.3. The van der Waals surface area contributed by atoms with Gasteiger partial charge in [-0.2, -0.15) is 0 Å². The number of morpholine rings is 1. The Balaban J connectivity index is 1.35. The van der Waals surface area contributed by atoms with Crippen molar-refractivity contribution in [3.05, 3.63) is 65.2 Å². The predicted molar refractivity (Wildman–Crippen MR) is 126 cm³/mol. The molecule has 2 aliphatic heterocycles. The molecule has 0 bridgehead atoms. The van der Waals surface area contributed by atoms with E-state index in [1.807, 2.05) is 24.3 Å². The molecule has 0 saturated carbocycles. The molecule has 2 saturated heterocycles. The maximum Gasteiger partial charge on any atom is 0.253 e. The summed E-state index contributed by atoms with van der Waals surface area (Å²) < 4.78 is 11.5. The van der Waals surface area contributed by atoms with Crippen molar-refractivity contribution >= 4 is 17.6 Å². The highest BCUT2D eigenvalue weighted by Gasteiger charge is 2.25. The van der Waals surface area contributed by atoms with Crippen LogP contribution in [0, 0.1) is 6.92 Å². The molecule has 2 atom stereocenters. The number of hydrogen-bond donors (Lipinski definition) is 2. The molecule has 170 valence electrons. The number of hydrogen-bond acceptors (Lipinski definition) is 4. The van der Waals surface area contributed by atoms with Crippen LogP contribution in [-0.2, 0) is 20.8 Å². The van der Waals surface area contributed by atoms with Crippen LogP contribution in [0.1, 0.15) is 35.6 Å². The molecule has 2 aromatic carbocycles. The van der Waals surface area contributed by atoms with Crippen LogP contribution in [-0.4, -0.2) is 56.2 Å². The van der Waals surface area contributed by atoms with E-state index in [-0.39, 0.29) is 18.1 Å². The summed E-state index contributed by atoms with van der Waals surface area (Å²) in [5.74, 6) is 0.777. The molecule has 0 spiro atoms. The monoisotopic (exact) mass is 436 g/mol. The number of carbonyl (C=O) groups excluding carboxylic acids is 1. The van der Waals surface area contributed by atoms with Crippen LogP contribution < -0.4 is 10.6 Å². The number of amides is 1. The van der Waals surface area contributed by atoms with Gasteiger partial charge >= 0.3 is 0 Å². The summed E-state index contributed by atoms with van der Waals surface area (Å²) in [6.45, 7) is 5.59. The zero-order chi connectivity index (χ0) is 22.3. The first kappa shape index (κ1) is 22.3. The molecule has 0 aliphatic carbocycles. The predicted octanol–water partition coefficient (Wildman–Crippen LogP) is 3.26. The number of aryl methyl sites for hydroxylation is 1. The number of aliphatic imine (C=N–C) groups is 1. The molecule has 2 heterocycles. The van der Waals surface area contributed by atoms with Crippen LogP contribution in [0.25, 0.3) is 0 Å². The van der Waals surface area contributed by atoms with Gasteiger partial charge in [0.25, 0.3) is 5.91 Å². The highest BCUT2D eigenvalue weighted by Crippen LogP contribution is 2.25. The Bertz CT molecular complexity index is 956. The van der Waals surface area contributed by atoms with Gasteiger partial charge in [-0.1, -0.05) is 36.4 Å². The van der Waals surface area contributed by atoms with Crippen LogP contribution >= 0.6 is 0 Å². The molecule has 0 radical (unpaired) electrons. The molecule has 4 rings (SSSR count). The summed E-state index contributed by atoms with van der Waals surface area (Å²) in [7, 11) is 1.80. The molecule has 2 aromatic rings. The third kappa shape index (κ3) is 5.47. The van der Waals surface area contributed by atoms with Gasteiger partial charge in [0.1, 0.15) is 12.2 Å². The summed E-state index contributed by atoms with van der Waals surface area (Å²) in [6.07, 6.45) is 1.41. The molecule has 2 aliphatic rings. The third-order valence-electron chi connectivity index (χ3n) is 5.98. The minimum Gasteiger partial charge on any atom is -0.370 e. The van der Waals surface area contributed by atoms with Crippen molar-refractivity contribution in [2.24, 2.45) is 4.99 Å². The van der Waals surface area contributed by atoms with E-state index in [9.17, 15) is 4.79 Å². The van der Waals surface area contributed by atoms with E-state index in [1.165, 1.54) is 11.1 Å².